The van der Waals surface area contributed by atoms with Crippen LogP contribution in [0.15, 0.2) is 39.7 Å². The SMILES string of the molecule is O=C(O)c1coc2c(c1=O)Cc1ccccc1-2. The van der Waals surface area contributed by atoms with E-state index in [-0.39, 0.29) is 5.56 Å². The monoisotopic (exact) mass is 228 g/mol. The number of hydrogen-bond acceptors (Lipinski definition) is 3. The van der Waals surface area contributed by atoms with Gasteiger partial charge in [-0.15, -0.1) is 0 Å². The molecule has 0 amide bonds. The lowest BCUT2D eigenvalue weighted by molar-refractivity contribution is 0.0692. The third kappa shape index (κ3) is 1.30. The molecule has 4 heteroatoms. The van der Waals surface area contributed by atoms with Gasteiger partial charge in [0.2, 0.25) is 5.43 Å². The topological polar surface area (TPSA) is 67.5 Å². The number of aromatic carboxylic acids is 1. The van der Waals surface area contributed by atoms with Gasteiger partial charge in [0.25, 0.3) is 0 Å². The van der Waals surface area contributed by atoms with Gasteiger partial charge in [-0.25, -0.2) is 4.79 Å². The van der Waals surface area contributed by atoms with Crippen LogP contribution in [0.4, 0.5) is 0 Å². The number of benzene rings is 1. The zero-order chi connectivity index (χ0) is 12.0. The maximum Gasteiger partial charge on any atom is 0.342 e. The first-order valence-corrected chi connectivity index (χ1v) is 5.14. The van der Waals surface area contributed by atoms with Crippen LogP contribution in [0.3, 0.4) is 0 Å². The zero-order valence-corrected chi connectivity index (χ0v) is 8.77. The van der Waals surface area contributed by atoms with E-state index in [0.717, 1.165) is 17.4 Å². The third-order valence-electron chi connectivity index (χ3n) is 2.95. The molecule has 0 saturated heterocycles. The number of hydrogen-bond donors (Lipinski definition) is 1. The van der Waals surface area contributed by atoms with E-state index in [4.69, 9.17) is 9.52 Å². The van der Waals surface area contributed by atoms with Crippen molar-refractivity contribution in [3.05, 3.63) is 57.4 Å². The highest BCUT2D eigenvalue weighted by Crippen LogP contribution is 2.34. The summed E-state index contributed by atoms with van der Waals surface area (Å²) in [5.41, 5.74) is 1.54. The second-order valence-electron chi connectivity index (χ2n) is 3.93. The molecule has 1 N–H and O–H groups in total. The molecule has 0 atom stereocenters. The minimum absolute atomic E-state index is 0.309. The Labute approximate surface area is 96.1 Å². The van der Waals surface area contributed by atoms with E-state index in [0.29, 0.717) is 17.7 Å². The van der Waals surface area contributed by atoms with E-state index in [1.54, 1.807) is 0 Å². The summed E-state index contributed by atoms with van der Waals surface area (Å²) in [6, 6.07) is 7.52. The molecule has 0 fully saturated rings. The Morgan fingerprint density at radius 3 is 2.82 bits per heavy atom. The van der Waals surface area contributed by atoms with Gasteiger partial charge in [0.15, 0.2) is 0 Å². The molecule has 1 aliphatic rings. The van der Waals surface area contributed by atoms with Crippen molar-refractivity contribution in [2.45, 2.75) is 6.42 Å². The largest absolute Gasteiger partial charge is 0.477 e. The minimum atomic E-state index is -1.25. The Kier molecular flexibility index (Phi) is 1.92. The molecular weight excluding hydrogens is 220 g/mol. The first kappa shape index (κ1) is 9.84. The van der Waals surface area contributed by atoms with E-state index in [1.807, 2.05) is 24.3 Å². The van der Waals surface area contributed by atoms with Gasteiger partial charge in [0.05, 0.1) is 0 Å². The van der Waals surface area contributed by atoms with Gasteiger partial charge in [0.1, 0.15) is 17.6 Å². The van der Waals surface area contributed by atoms with E-state index >= 15 is 0 Å². The highest BCUT2D eigenvalue weighted by Gasteiger charge is 2.26. The molecular formula is C13H8O4. The lowest BCUT2D eigenvalue weighted by Gasteiger charge is -1.99. The molecule has 0 bridgehead atoms. The molecule has 0 radical (unpaired) electrons. The summed E-state index contributed by atoms with van der Waals surface area (Å²) < 4.78 is 5.29. The number of rotatable bonds is 1. The number of fused-ring (bicyclic) bond motifs is 3. The van der Waals surface area contributed by atoms with Gasteiger partial charge in [0, 0.05) is 17.5 Å². The summed E-state index contributed by atoms with van der Waals surface area (Å²) in [6.45, 7) is 0. The Hall–Kier alpha value is -2.36. The molecule has 17 heavy (non-hydrogen) atoms. The summed E-state index contributed by atoms with van der Waals surface area (Å²) in [6.07, 6.45) is 1.46. The van der Waals surface area contributed by atoms with Gasteiger partial charge in [-0.2, -0.15) is 0 Å². The fraction of sp³-hybridized carbons (Fsp3) is 0.0769. The summed E-state index contributed by atoms with van der Waals surface area (Å²) in [7, 11) is 0. The van der Waals surface area contributed by atoms with Crippen LogP contribution in [0.5, 0.6) is 0 Å². The number of carbonyl (C=O) groups is 1. The van der Waals surface area contributed by atoms with Gasteiger partial charge in [-0.05, 0) is 5.56 Å². The van der Waals surface area contributed by atoms with E-state index < -0.39 is 11.4 Å². The van der Waals surface area contributed by atoms with Crippen LogP contribution in [-0.2, 0) is 6.42 Å². The van der Waals surface area contributed by atoms with E-state index in [9.17, 15) is 9.59 Å². The molecule has 0 saturated carbocycles. The molecule has 1 aliphatic carbocycles. The van der Waals surface area contributed by atoms with Gasteiger partial charge >= 0.3 is 5.97 Å². The quantitative estimate of drug-likeness (QED) is 0.690. The summed E-state index contributed by atoms with van der Waals surface area (Å²) in [4.78, 5) is 22.8. The first-order valence-electron chi connectivity index (χ1n) is 5.14. The average Bonchev–Trinajstić information content (AvgIpc) is 2.69. The maximum atomic E-state index is 11.9. The molecule has 0 spiro atoms. The molecule has 84 valence electrons. The molecule has 2 aromatic rings. The second kappa shape index (κ2) is 3.31. The lowest BCUT2D eigenvalue weighted by atomic mass is 10.1. The predicted molar refractivity (Wildman–Crippen MR) is 60.2 cm³/mol. The van der Waals surface area contributed by atoms with Crippen LogP contribution >= 0.6 is 0 Å². The van der Waals surface area contributed by atoms with Gasteiger partial charge in [-0.3, -0.25) is 4.79 Å². The molecule has 0 unspecified atom stereocenters. The van der Waals surface area contributed by atoms with Crippen molar-refractivity contribution in [2.75, 3.05) is 0 Å². The van der Waals surface area contributed by atoms with Crippen LogP contribution in [-0.4, -0.2) is 11.1 Å². The summed E-state index contributed by atoms with van der Waals surface area (Å²) in [5, 5.41) is 8.85. The maximum absolute atomic E-state index is 11.9. The molecule has 1 aromatic heterocycles. The van der Waals surface area contributed by atoms with E-state index in [2.05, 4.69) is 0 Å². The van der Waals surface area contributed by atoms with Crippen molar-refractivity contribution in [3.63, 3.8) is 0 Å². The van der Waals surface area contributed by atoms with Crippen LogP contribution in [0.2, 0.25) is 0 Å². The van der Waals surface area contributed by atoms with Crippen LogP contribution in [0.25, 0.3) is 11.3 Å². The fourth-order valence-corrected chi connectivity index (χ4v) is 2.13. The third-order valence-corrected chi connectivity index (χ3v) is 2.95. The molecule has 4 nitrogen and oxygen atoms in total. The molecule has 1 heterocycles. The Morgan fingerprint density at radius 1 is 1.29 bits per heavy atom. The highest BCUT2D eigenvalue weighted by atomic mass is 16.4. The summed E-state index contributed by atoms with van der Waals surface area (Å²) in [5.74, 6) is -0.756. The fourth-order valence-electron chi connectivity index (χ4n) is 2.13. The average molecular weight is 228 g/mol. The minimum Gasteiger partial charge on any atom is -0.477 e. The Bertz CT molecular complexity index is 682. The van der Waals surface area contributed by atoms with Crippen molar-refractivity contribution in [3.8, 4) is 11.3 Å². The van der Waals surface area contributed by atoms with Crippen molar-refractivity contribution in [2.24, 2.45) is 0 Å². The normalized spacial score (nSPS) is 12.0. The van der Waals surface area contributed by atoms with Crippen LogP contribution in [0, 0.1) is 0 Å². The molecule has 3 rings (SSSR count). The van der Waals surface area contributed by atoms with Crippen molar-refractivity contribution in [1.29, 1.82) is 0 Å². The van der Waals surface area contributed by atoms with Crippen LogP contribution in [0.1, 0.15) is 21.5 Å². The Morgan fingerprint density at radius 2 is 2.06 bits per heavy atom. The standard InChI is InChI=1S/C13H8O4/c14-11-9-5-7-3-1-2-4-8(7)12(9)17-6-10(11)13(15)16/h1-4,6H,5H2,(H,15,16). The van der Waals surface area contributed by atoms with Gasteiger partial charge < -0.3 is 9.52 Å². The second-order valence-corrected chi connectivity index (χ2v) is 3.93. The molecule has 0 aliphatic heterocycles. The molecule has 1 aromatic carbocycles. The Balaban J connectivity index is 2.29. The predicted octanol–water partition coefficient (Wildman–Crippen LogP) is 1.91. The zero-order valence-electron chi connectivity index (χ0n) is 8.77. The highest BCUT2D eigenvalue weighted by molar-refractivity contribution is 5.88. The number of carboxylic acids is 1. The first-order chi connectivity index (χ1) is 8.18. The smallest absolute Gasteiger partial charge is 0.342 e. The van der Waals surface area contributed by atoms with Crippen molar-refractivity contribution >= 4 is 5.97 Å². The van der Waals surface area contributed by atoms with Crippen molar-refractivity contribution in [1.82, 2.24) is 0 Å². The van der Waals surface area contributed by atoms with Crippen molar-refractivity contribution < 1.29 is 14.3 Å². The van der Waals surface area contributed by atoms with Crippen LogP contribution < -0.4 is 5.43 Å². The number of carboxylic acid groups (broad SMARTS) is 1. The summed E-state index contributed by atoms with van der Waals surface area (Å²) >= 11 is 0. The van der Waals surface area contributed by atoms with E-state index in [1.165, 1.54) is 0 Å². The lowest BCUT2D eigenvalue weighted by Crippen LogP contribution is -2.17. The van der Waals surface area contributed by atoms with Gasteiger partial charge in [-0.1, -0.05) is 24.3 Å².